The lowest BCUT2D eigenvalue weighted by molar-refractivity contribution is -0.124. The fraction of sp³-hybridized carbons (Fsp3) is 0.462. The van der Waals surface area contributed by atoms with Crippen LogP contribution in [0.15, 0.2) is 12.1 Å². The third-order valence-electron chi connectivity index (χ3n) is 3.45. The van der Waals surface area contributed by atoms with Crippen molar-refractivity contribution < 1.29 is 9.18 Å². The summed E-state index contributed by atoms with van der Waals surface area (Å²) in [6, 6.07) is 2.75. The summed E-state index contributed by atoms with van der Waals surface area (Å²) >= 11 is 5.69. The predicted octanol–water partition coefficient (Wildman–Crippen LogP) is 2.02. The highest BCUT2D eigenvalue weighted by Gasteiger charge is 2.26. The molecule has 1 amide bonds. The number of nitrogens with zero attached hydrogens (tertiary/aromatic N) is 1. The maximum absolute atomic E-state index is 13.5. The summed E-state index contributed by atoms with van der Waals surface area (Å²) in [6.07, 6.45) is 1.72. The van der Waals surface area contributed by atoms with Gasteiger partial charge in [0.1, 0.15) is 5.82 Å². The lowest BCUT2D eigenvalue weighted by Crippen LogP contribution is -2.42. The molecule has 1 aliphatic rings. The minimum atomic E-state index is -0.493. The van der Waals surface area contributed by atoms with Crippen LogP contribution >= 0.6 is 11.6 Å². The zero-order valence-corrected chi connectivity index (χ0v) is 11.5. The van der Waals surface area contributed by atoms with Crippen LogP contribution in [-0.2, 0) is 4.79 Å². The highest BCUT2D eigenvalue weighted by atomic mass is 35.5. The fourth-order valence-electron chi connectivity index (χ4n) is 2.44. The Bertz CT molecular complexity index is 495. The number of halogens is 2. The van der Waals surface area contributed by atoms with Crippen LogP contribution < -0.4 is 16.0 Å². The first-order valence-corrected chi connectivity index (χ1v) is 6.61. The van der Waals surface area contributed by atoms with E-state index in [9.17, 15) is 9.18 Å². The van der Waals surface area contributed by atoms with Crippen molar-refractivity contribution in [3.8, 4) is 0 Å². The van der Waals surface area contributed by atoms with Gasteiger partial charge in [0.05, 0.1) is 22.3 Å². The Hall–Kier alpha value is -1.49. The molecule has 0 aromatic heterocycles. The van der Waals surface area contributed by atoms with E-state index in [1.165, 1.54) is 12.1 Å². The van der Waals surface area contributed by atoms with Crippen molar-refractivity contribution >= 4 is 28.9 Å². The molecule has 104 valence electrons. The predicted molar refractivity (Wildman–Crippen MR) is 74.8 cm³/mol. The molecule has 1 atom stereocenters. The van der Waals surface area contributed by atoms with Gasteiger partial charge >= 0.3 is 0 Å². The molecule has 1 heterocycles. The average Bonchev–Trinajstić information content (AvgIpc) is 2.42. The van der Waals surface area contributed by atoms with Gasteiger partial charge in [0.25, 0.3) is 0 Å². The maximum Gasteiger partial charge on any atom is 0.224 e. The van der Waals surface area contributed by atoms with Gasteiger partial charge in [-0.1, -0.05) is 11.6 Å². The van der Waals surface area contributed by atoms with Gasteiger partial charge in [0.2, 0.25) is 5.91 Å². The number of carbonyl (C=O) groups is 1. The molecular formula is C13H17ClFN3O. The molecular weight excluding hydrogens is 269 g/mol. The number of piperidine rings is 1. The van der Waals surface area contributed by atoms with Crippen molar-refractivity contribution in [2.75, 3.05) is 30.8 Å². The minimum absolute atomic E-state index is 0.0118. The highest BCUT2D eigenvalue weighted by Crippen LogP contribution is 2.32. The molecule has 1 saturated heterocycles. The minimum Gasteiger partial charge on any atom is -0.397 e. The van der Waals surface area contributed by atoms with Crippen LogP contribution in [0.4, 0.5) is 15.8 Å². The van der Waals surface area contributed by atoms with E-state index in [1.807, 2.05) is 4.90 Å². The number of nitrogen functional groups attached to an aromatic ring is 1. The first-order chi connectivity index (χ1) is 9.02. The fourth-order valence-corrected chi connectivity index (χ4v) is 2.61. The number of nitrogens with two attached hydrogens (primary N) is 1. The van der Waals surface area contributed by atoms with Gasteiger partial charge < -0.3 is 16.0 Å². The molecule has 1 aromatic carbocycles. The van der Waals surface area contributed by atoms with Crippen LogP contribution in [-0.4, -0.2) is 26.0 Å². The molecule has 0 radical (unpaired) electrons. The van der Waals surface area contributed by atoms with Crippen molar-refractivity contribution in [2.45, 2.75) is 12.8 Å². The molecule has 1 unspecified atom stereocenters. The molecule has 0 saturated carbocycles. The number of amides is 1. The summed E-state index contributed by atoms with van der Waals surface area (Å²) in [5, 5.41) is 2.66. The topological polar surface area (TPSA) is 58.4 Å². The number of hydrogen-bond acceptors (Lipinski definition) is 3. The van der Waals surface area contributed by atoms with E-state index < -0.39 is 5.82 Å². The summed E-state index contributed by atoms with van der Waals surface area (Å²) in [5.41, 5.74) is 6.92. The second kappa shape index (κ2) is 5.65. The lowest BCUT2D eigenvalue weighted by atomic mass is 9.96. The van der Waals surface area contributed by atoms with Gasteiger partial charge in [0, 0.05) is 26.2 Å². The van der Waals surface area contributed by atoms with E-state index >= 15 is 0 Å². The Kier molecular flexibility index (Phi) is 4.14. The van der Waals surface area contributed by atoms with E-state index in [0.717, 1.165) is 19.4 Å². The van der Waals surface area contributed by atoms with Crippen LogP contribution in [0.2, 0.25) is 5.02 Å². The van der Waals surface area contributed by atoms with Gasteiger partial charge in [-0.15, -0.1) is 0 Å². The Morgan fingerprint density at radius 3 is 3.00 bits per heavy atom. The smallest absolute Gasteiger partial charge is 0.224 e. The molecule has 6 heteroatoms. The van der Waals surface area contributed by atoms with Crippen LogP contribution in [0.3, 0.4) is 0 Å². The molecule has 1 aromatic rings. The van der Waals surface area contributed by atoms with Gasteiger partial charge in [-0.2, -0.15) is 0 Å². The van der Waals surface area contributed by atoms with Crippen molar-refractivity contribution in [1.82, 2.24) is 5.32 Å². The molecule has 2 rings (SSSR count). The zero-order chi connectivity index (χ0) is 14.0. The highest BCUT2D eigenvalue weighted by molar-refractivity contribution is 6.31. The normalized spacial score (nSPS) is 19.3. The molecule has 1 aliphatic heterocycles. The molecule has 0 aliphatic carbocycles. The summed E-state index contributed by atoms with van der Waals surface area (Å²) in [6.45, 7) is 1.31. The van der Waals surface area contributed by atoms with Gasteiger partial charge in [-0.05, 0) is 18.9 Å². The monoisotopic (exact) mass is 285 g/mol. The standard InChI is InChI=1S/C13H17ClFN3O/c1-17-13(19)8-3-2-4-18(7-8)12-6-10(15)9(14)5-11(12)16/h5-6,8H,2-4,7,16H2,1H3,(H,17,19). The summed E-state index contributed by atoms with van der Waals surface area (Å²) in [7, 11) is 1.62. The van der Waals surface area contributed by atoms with Crippen LogP contribution in [0.5, 0.6) is 0 Å². The molecule has 3 N–H and O–H groups in total. The van der Waals surface area contributed by atoms with E-state index in [1.54, 1.807) is 7.05 Å². The third-order valence-corrected chi connectivity index (χ3v) is 3.74. The third kappa shape index (κ3) is 2.92. The number of rotatable bonds is 2. The van der Waals surface area contributed by atoms with Crippen LogP contribution in [0, 0.1) is 11.7 Å². The summed E-state index contributed by atoms with van der Waals surface area (Å²) in [4.78, 5) is 13.6. The number of anilines is 2. The number of hydrogen-bond donors (Lipinski definition) is 2. The Morgan fingerprint density at radius 1 is 1.58 bits per heavy atom. The van der Waals surface area contributed by atoms with E-state index in [0.29, 0.717) is 17.9 Å². The molecule has 1 fully saturated rings. The second-order valence-electron chi connectivity index (χ2n) is 4.72. The average molecular weight is 286 g/mol. The maximum atomic E-state index is 13.5. The Morgan fingerprint density at radius 2 is 2.32 bits per heavy atom. The zero-order valence-electron chi connectivity index (χ0n) is 10.7. The van der Waals surface area contributed by atoms with Gasteiger partial charge in [-0.25, -0.2) is 4.39 Å². The SMILES string of the molecule is CNC(=O)C1CCCN(c2cc(F)c(Cl)cc2N)C1. The summed E-state index contributed by atoms with van der Waals surface area (Å²) < 4.78 is 13.5. The Labute approximate surface area is 116 Å². The second-order valence-corrected chi connectivity index (χ2v) is 5.13. The largest absolute Gasteiger partial charge is 0.397 e. The quantitative estimate of drug-likeness (QED) is 0.818. The van der Waals surface area contributed by atoms with Crippen LogP contribution in [0.1, 0.15) is 12.8 Å². The molecule has 0 spiro atoms. The number of benzene rings is 1. The summed E-state index contributed by atoms with van der Waals surface area (Å²) in [5.74, 6) is -0.567. The van der Waals surface area contributed by atoms with E-state index in [-0.39, 0.29) is 16.8 Å². The van der Waals surface area contributed by atoms with Crippen LogP contribution in [0.25, 0.3) is 0 Å². The Balaban J connectivity index is 2.22. The van der Waals surface area contributed by atoms with Crippen molar-refractivity contribution in [2.24, 2.45) is 5.92 Å². The molecule has 4 nitrogen and oxygen atoms in total. The van der Waals surface area contributed by atoms with Crippen molar-refractivity contribution in [1.29, 1.82) is 0 Å². The van der Waals surface area contributed by atoms with Gasteiger partial charge in [0.15, 0.2) is 0 Å². The first-order valence-electron chi connectivity index (χ1n) is 6.24. The molecule has 19 heavy (non-hydrogen) atoms. The number of carbonyl (C=O) groups excluding carboxylic acids is 1. The van der Waals surface area contributed by atoms with E-state index in [4.69, 9.17) is 17.3 Å². The van der Waals surface area contributed by atoms with Gasteiger partial charge in [-0.3, -0.25) is 4.79 Å². The lowest BCUT2D eigenvalue weighted by Gasteiger charge is -2.34. The van der Waals surface area contributed by atoms with Crippen molar-refractivity contribution in [3.05, 3.63) is 23.0 Å². The first kappa shape index (κ1) is 13.9. The molecule has 0 bridgehead atoms. The number of nitrogens with one attached hydrogen (secondary N) is 1. The van der Waals surface area contributed by atoms with E-state index in [2.05, 4.69) is 5.32 Å². The van der Waals surface area contributed by atoms with Crippen molar-refractivity contribution in [3.63, 3.8) is 0 Å².